The largest absolute Gasteiger partial charge is 0.383 e. The van der Waals surface area contributed by atoms with Crippen molar-refractivity contribution in [2.24, 2.45) is 0 Å². The molecule has 4 rings (SSSR count). The summed E-state index contributed by atoms with van der Waals surface area (Å²) in [6, 6.07) is 17.7. The lowest BCUT2D eigenvalue weighted by atomic mass is 10.1. The molecular formula is C26H32N4O3. The van der Waals surface area contributed by atoms with E-state index in [0.29, 0.717) is 25.3 Å². The highest BCUT2D eigenvalue weighted by Crippen LogP contribution is 2.33. The van der Waals surface area contributed by atoms with Crippen molar-refractivity contribution in [1.29, 1.82) is 0 Å². The van der Waals surface area contributed by atoms with Gasteiger partial charge in [0.15, 0.2) is 0 Å². The van der Waals surface area contributed by atoms with Gasteiger partial charge >= 0.3 is 0 Å². The monoisotopic (exact) mass is 448 g/mol. The molecule has 1 aromatic heterocycles. The van der Waals surface area contributed by atoms with Crippen LogP contribution in [0.1, 0.15) is 21.5 Å². The maximum absolute atomic E-state index is 13.5. The Balaban J connectivity index is 1.69. The highest BCUT2D eigenvalue weighted by atomic mass is 16.5. The second-order valence-corrected chi connectivity index (χ2v) is 8.56. The summed E-state index contributed by atoms with van der Waals surface area (Å²) >= 11 is 0. The third-order valence-electron chi connectivity index (χ3n) is 6.11. The van der Waals surface area contributed by atoms with E-state index in [1.54, 1.807) is 7.11 Å². The summed E-state index contributed by atoms with van der Waals surface area (Å²) in [6.45, 7) is 6.97. The second-order valence-electron chi connectivity index (χ2n) is 8.56. The number of hydrogen-bond acceptors (Lipinski definition) is 6. The molecule has 174 valence electrons. The Labute approximate surface area is 195 Å². The number of aromatic nitrogens is 1. The van der Waals surface area contributed by atoms with Crippen molar-refractivity contribution in [3.05, 3.63) is 71.3 Å². The minimum Gasteiger partial charge on any atom is -0.383 e. The van der Waals surface area contributed by atoms with E-state index in [1.807, 2.05) is 66.4 Å². The van der Waals surface area contributed by atoms with Gasteiger partial charge in [-0.25, -0.2) is 0 Å². The van der Waals surface area contributed by atoms with Gasteiger partial charge < -0.3 is 24.0 Å². The number of piperazine rings is 1. The number of ether oxygens (including phenoxy) is 1. The summed E-state index contributed by atoms with van der Waals surface area (Å²) in [7, 11) is 3.78. The minimum atomic E-state index is -0.0309. The van der Waals surface area contributed by atoms with Gasteiger partial charge in [-0.3, -0.25) is 4.79 Å². The fourth-order valence-electron chi connectivity index (χ4n) is 4.05. The normalized spacial score (nSPS) is 14.5. The quantitative estimate of drug-likeness (QED) is 0.524. The molecule has 1 fully saturated rings. The lowest BCUT2D eigenvalue weighted by Crippen LogP contribution is -2.45. The lowest BCUT2D eigenvalue weighted by molar-refractivity contribution is 0.0680. The average Bonchev–Trinajstić information content (AvgIpc) is 3.26. The molecule has 0 spiro atoms. The minimum absolute atomic E-state index is 0.0309. The molecule has 3 aromatic rings. The number of likely N-dealkylation sites (N-methyl/N-ethyl adjacent to an activating group) is 1. The Kier molecular flexibility index (Phi) is 7.42. The van der Waals surface area contributed by atoms with E-state index in [1.165, 1.54) is 0 Å². The number of nitrogens with zero attached hydrogens (tertiary/aromatic N) is 4. The van der Waals surface area contributed by atoms with Crippen LogP contribution < -0.4 is 4.90 Å². The number of rotatable bonds is 8. The summed E-state index contributed by atoms with van der Waals surface area (Å²) < 4.78 is 11.2. The predicted octanol–water partition coefficient (Wildman–Crippen LogP) is 3.69. The van der Waals surface area contributed by atoms with Gasteiger partial charge in [0.2, 0.25) is 5.88 Å². The van der Waals surface area contributed by atoms with Crippen LogP contribution in [0.5, 0.6) is 0 Å². The molecule has 0 aliphatic carbocycles. The maximum atomic E-state index is 13.5. The van der Waals surface area contributed by atoms with E-state index >= 15 is 0 Å². The molecule has 0 saturated carbocycles. The summed E-state index contributed by atoms with van der Waals surface area (Å²) in [5.41, 5.74) is 4.48. The van der Waals surface area contributed by atoms with E-state index in [9.17, 15) is 4.79 Å². The summed E-state index contributed by atoms with van der Waals surface area (Å²) in [5.74, 6) is 0.720. The van der Waals surface area contributed by atoms with Gasteiger partial charge in [0.1, 0.15) is 5.69 Å². The van der Waals surface area contributed by atoms with Gasteiger partial charge in [-0.2, -0.15) is 0 Å². The molecule has 0 bridgehead atoms. The SMILES string of the molecule is COCCN(Cc1c(-c2ccccc2)noc1N1CCN(C)CC1)C(=O)c1ccc(C)cc1. The van der Waals surface area contributed by atoms with Crippen molar-refractivity contribution in [2.75, 3.05) is 58.4 Å². The fourth-order valence-corrected chi connectivity index (χ4v) is 4.05. The third kappa shape index (κ3) is 5.43. The maximum Gasteiger partial charge on any atom is 0.254 e. The summed E-state index contributed by atoms with van der Waals surface area (Å²) in [4.78, 5) is 19.8. The first-order valence-electron chi connectivity index (χ1n) is 11.4. The lowest BCUT2D eigenvalue weighted by Gasteiger charge is -2.33. The standard InChI is InChI=1S/C26H32N4O3/c1-20-9-11-22(12-10-20)25(31)30(17-18-32-3)19-23-24(21-7-5-4-6-8-21)27-33-26(23)29-15-13-28(2)14-16-29/h4-12H,13-19H2,1-3H3. The molecule has 2 heterocycles. The molecule has 1 aliphatic rings. The number of amides is 1. The van der Waals surface area contributed by atoms with Crippen LogP contribution in [0.15, 0.2) is 59.1 Å². The zero-order chi connectivity index (χ0) is 23.2. The Bertz CT molecular complexity index is 1040. The molecule has 1 aliphatic heterocycles. The number of carbonyl (C=O) groups is 1. The van der Waals surface area contributed by atoms with E-state index < -0.39 is 0 Å². The topological polar surface area (TPSA) is 62.1 Å². The van der Waals surface area contributed by atoms with Gasteiger partial charge in [0, 0.05) is 51.0 Å². The number of hydrogen-bond donors (Lipinski definition) is 0. The molecule has 0 radical (unpaired) electrons. The van der Waals surface area contributed by atoms with Crippen LogP contribution in [0.4, 0.5) is 5.88 Å². The van der Waals surface area contributed by atoms with Crippen molar-refractivity contribution in [3.63, 3.8) is 0 Å². The van der Waals surface area contributed by atoms with Gasteiger partial charge in [-0.15, -0.1) is 0 Å². The molecule has 0 atom stereocenters. The third-order valence-corrected chi connectivity index (χ3v) is 6.11. The predicted molar refractivity (Wildman–Crippen MR) is 129 cm³/mol. The van der Waals surface area contributed by atoms with Crippen molar-refractivity contribution >= 4 is 11.8 Å². The first-order valence-corrected chi connectivity index (χ1v) is 11.4. The summed E-state index contributed by atoms with van der Waals surface area (Å²) in [6.07, 6.45) is 0. The molecule has 7 heteroatoms. The van der Waals surface area contributed by atoms with Crippen molar-refractivity contribution in [1.82, 2.24) is 15.0 Å². The highest BCUT2D eigenvalue weighted by molar-refractivity contribution is 5.94. The molecule has 1 amide bonds. The number of aryl methyl sites for hydroxylation is 1. The first kappa shape index (κ1) is 23.0. The smallest absolute Gasteiger partial charge is 0.254 e. The molecule has 33 heavy (non-hydrogen) atoms. The number of carbonyl (C=O) groups excluding carboxylic acids is 1. The zero-order valence-corrected chi connectivity index (χ0v) is 19.7. The Morgan fingerprint density at radius 2 is 1.76 bits per heavy atom. The van der Waals surface area contributed by atoms with Crippen LogP contribution in [0.2, 0.25) is 0 Å². The van der Waals surface area contributed by atoms with Crippen molar-refractivity contribution in [3.8, 4) is 11.3 Å². The first-order chi connectivity index (χ1) is 16.1. The summed E-state index contributed by atoms with van der Waals surface area (Å²) in [5, 5.41) is 4.46. The van der Waals surface area contributed by atoms with E-state index in [0.717, 1.165) is 54.4 Å². The Morgan fingerprint density at radius 3 is 2.42 bits per heavy atom. The van der Waals surface area contributed by atoms with Crippen LogP contribution in [0, 0.1) is 6.92 Å². The highest BCUT2D eigenvalue weighted by Gasteiger charge is 2.28. The Hall–Kier alpha value is -3.16. The van der Waals surface area contributed by atoms with Crippen LogP contribution in [-0.2, 0) is 11.3 Å². The van der Waals surface area contributed by atoms with Crippen LogP contribution in [0.25, 0.3) is 11.3 Å². The molecule has 2 aromatic carbocycles. The number of benzene rings is 2. The van der Waals surface area contributed by atoms with Crippen LogP contribution in [-0.4, -0.2) is 74.4 Å². The van der Waals surface area contributed by atoms with E-state index in [2.05, 4.69) is 22.0 Å². The van der Waals surface area contributed by atoms with E-state index in [-0.39, 0.29) is 5.91 Å². The van der Waals surface area contributed by atoms with Gasteiger partial charge in [-0.05, 0) is 26.1 Å². The molecule has 1 saturated heterocycles. The number of methoxy groups -OCH3 is 1. The second kappa shape index (κ2) is 10.6. The van der Waals surface area contributed by atoms with Gasteiger partial charge in [-0.1, -0.05) is 53.2 Å². The van der Waals surface area contributed by atoms with Crippen LogP contribution in [0.3, 0.4) is 0 Å². The molecule has 7 nitrogen and oxygen atoms in total. The van der Waals surface area contributed by atoms with Crippen LogP contribution >= 0.6 is 0 Å². The Morgan fingerprint density at radius 1 is 1.06 bits per heavy atom. The van der Waals surface area contributed by atoms with Gasteiger partial charge in [0.05, 0.1) is 18.7 Å². The van der Waals surface area contributed by atoms with E-state index in [4.69, 9.17) is 9.26 Å². The van der Waals surface area contributed by atoms with Crippen molar-refractivity contribution < 1.29 is 14.1 Å². The average molecular weight is 449 g/mol. The number of anilines is 1. The molecular weight excluding hydrogens is 416 g/mol. The van der Waals surface area contributed by atoms with Gasteiger partial charge in [0.25, 0.3) is 5.91 Å². The fraction of sp³-hybridized carbons (Fsp3) is 0.385. The van der Waals surface area contributed by atoms with Crippen molar-refractivity contribution in [2.45, 2.75) is 13.5 Å². The molecule has 0 unspecified atom stereocenters. The molecule has 0 N–H and O–H groups in total. The zero-order valence-electron chi connectivity index (χ0n) is 19.7.